The van der Waals surface area contributed by atoms with E-state index in [0.29, 0.717) is 13.3 Å². The Labute approximate surface area is 173 Å². The number of carbonyl (C=O) groups excluding carboxylic acids is 1. The SMILES string of the molecule is CC(Cc1ccc2c(c1)OCO2)NCC(=O)NC12CC3CC(CC(C3)C1)C2.Cl. The topological polar surface area (TPSA) is 59.6 Å². The number of fused-ring (bicyclic) bond motifs is 1. The van der Waals surface area contributed by atoms with Gasteiger partial charge in [-0.15, -0.1) is 12.4 Å². The minimum Gasteiger partial charge on any atom is -0.454 e. The summed E-state index contributed by atoms with van der Waals surface area (Å²) in [5, 5.41) is 6.84. The molecule has 1 unspecified atom stereocenters. The second-order valence-electron chi connectivity index (χ2n) is 9.42. The Morgan fingerprint density at radius 2 is 1.75 bits per heavy atom. The summed E-state index contributed by atoms with van der Waals surface area (Å²) in [6.07, 6.45) is 8.69. The smallest absolute Gasteiger partial charge is 0.234 e. The molecule has 154 valence electrons. The van der Waals surface area contributed by atoms with E-state index >= 15 is 0 Å². The monoisotopic (exact) mass is 406 g/mol. The molecule has 4 saturated carbocycles. The lowest BCUT2D eigenvalue weighted by Gasteiger charge is -2.56. The average molecular weight is 407 g/mol. The number of carbonyl (C=O) groups is 1. The molecule has 0 spiro atoms. The first kappa shape index (κ1) is 19.8. The van der Waals surface area contributed by atoms with Crippen molar-refractivity contribution in [3.8, 4) is 11.5 Å². The van der Waals surface area contributed by atoms with Crippen LogP contribution < -0.4 is 20.1 Å². The zero-order valence-electron chi connectivity index (χ0n) is 16.5. The van der Waals surface area contributed by atoms with Gasteiger partial charge in [-0.2, -0.15) is 0 Å². The van der Waals surface area contributed by atoms with Crippen LogP contribution in [0.3, 0.4) is 0 Å². The first-order valence-electron chi connectivity index (χ1n) is 10.5. The molecule has 1 atom stereocenters. The fraction of sp³-hybridized carbons (Fsp3) is 0.682. The molecule has 5 aliphatic rings. The van der Waals surface area contributed by atoms with E-state index in [4.69, 9.17) is 9.47 Å². The van der Waals surface area contributed by atoms with Crippen molar-refractivity contribution in [2.45, 2.75) is 63.5 Å². The molecule has 1 amide bonds. The number of hydrogen-bond donors (Lipinski definition) is 2. The lowest BCUT2D eigenvalue weighted by atomic mass is 9.53. The first-order chi connectivity index (χ1) is 13.1. The van der Waals surface area contributed by atoms with Gasteiger partial charge in [0.15, 0.2) is 11.5 Å². The van der Waals surface area contributed by atoms with Crippen molar-refractivity contribution in [2.24, 2.45) is 17.8 Å². The number of nitrogens with one attached hydrogen (secondary N) is 2. The van der Waals surface area contributed by atoms with Crippen LogP contribution in [0.2, 0.25) is 0 Å². The molecule has 4 aliphatic carbocycles. The second kappa shape index (κ2) is 7.75. The largest absolute Gasteiger partial charge is 0.454 e. The summed E-state index contributed by atoms with van der Waals surface area (Å²) in [6, 6.07) is 6.30. The van der Waals surface area contributed by atoms with Crippen molar-refractivity contribution in [1.82, 2.24) is 10.6 Å². The third-order valence-corrected chi connectivity index (χ3v) is 7.03. The number of hydrogen-bond acceptors (Lipinski definition) is 4. The van der Waals surface area contributed by atoms with Gasteiger partial charge in [-0.1, -0.05) is 6.07 Å². The molecule has 1 heterocycles. The van der Waals surface area contributed by atoms with Gasteiger partial charge < -0.3 is 20.1 Å². The molecular formula is C22H31ClN2O3. The Kier molecular flexibility index (Phi) is 5.49. The molecule has 6 heteroatoms. The van der Waals surface area contributed by atoms with Crippen molar-refractivity contribution in [3.63, 3.8) is 0 Å². The summed E-state index contributed by atoms with van der Waals surface area (Å²) < 4.78 is 10.8. The maximum Gasteiger partial charge on any atom is 0.234 e. The third-order valence-electron chi connectivity index (χ3n) is 7.03. The Bertz CT molecular complexity index is 703. The van der Waals surface area contributed by atoms with Crippen LogP contribution in [0.1, 0.15) is 51.0 Å². The zero-order valence-corrected chi connectivity index (χ0v) is 17.4. The van der Waals surface area contributed by atoms with Gasteiger partial charge in [-0.3, -0.25) is 4.79 Å². The van der Waals surface area contributed by atoms with Crippen LogP contribution in [0.25, 0.3) is 0 Å². The number of amides is 1. The van der Waals surface area contributed by atoms with Crippen LogP contribution in [-0.4, -0.2) is 30.8 Å². The van der Waals surface area contributed by atoms with E-state index in [1.165, 1.54) is 44.1 Å². The summed E-state index contributed by atoms with van der Waals surface area (Å²) in [4.78, 5) is 12.6. The van der Waals surface area contributed by atoms with E-state index in [2.05, 4.69) is 23.6 Å². The van der Waals surface area contributed by atoms with Crippen LogP contribution in [0.4, 0.5) is 0 Å². The van der Waals surface area contributed by atoms with E-state index in [9.17, 15) is 4.79 Å². The molecule has 1 aromatic rings. The third kappa shape index (κ3) is 3.97. The molecule has 0 aromatic heterocycles. The molecule has 2 N–H and O–H groups in total. The van der Waals surface area contributed by atoms with Crippen molar-refractivity contribution in [1.29, 1.82) is 0 Å². The molecule has 4 bridgehead atoms. The molecule has 1 aliphatic heterocycles. The Balaban J connectivity index is 0.00000192. The maximum atomic E-state index is 12.6. The lowest BCUT2D eigenvalue weighted by molar-refractivity contribution is -0.126. The number of ether oxygens (including phenoxy) is 2. The number of benzene rings is 1. The highest BCUT2D eigenvalue weighted by molar-refractivity contribution is 5.85. The van der Waals surface area contributed by atoms with Crippen molar-refractivity contribution in [2.75, 3.05) is 13.3 Å². The fourth-order valence-corrected chi connectivity index (χ4v) is 6.36. The van der Waals surface area contributed by atoms with Crippen LogP contribution >= 0.6 is 12.4 Å². The minimum absolute atomic E-state index is 0. The molecule has 4 fully saturated rings. The lowest BCUT2D eigenvalue weighted by Crippen LogP contribution is -2.61. The molecule has 0 saturated heterocycles. The molecule has 28 heavy (non-hydrogen) atoms. The van der Waals surface area contributed by atoms with Gasteiger partial charge in [0.2, 0.25) is 12.7 Å². The quantitative estimate of drug-likeness (QED) is 0.759. The van der Waals surface area contributed by atoms with Gasteiger partial charge in [0.25, 0.3) is 0 Å². The molecule has 5 nitrogen and oxygen atoms in total. The highest BCUT2D eigenvalue weighted by atomic mass is 35.5. The molecule has 6 rings (SSSR count). The van der Waals surface area contributed by atoms with Crippen molar-refractivity contribution < 1.29 is 14.3 Å². The van der Waals surface area contributed by atoms with Crippen LogP contribution in [0.5, 0.6) is 11.5 Å². The summed E-state index contributed by atoms with van der Waals surface area (Å²) >= 11 is 0. The molecule has 0 radical (unpaired) electrons. The number of halogens is 1. The van der Waals surface area contributed by atoms with E-state index in [-0.39, 0.29) is 29.9 Å². The Morgan fingerprint density at radius 3 is 2.43 bits per heavy atom. The Hall–Kier alpha value is -1.46. The fourth-order valence-electron chi connectivity index (χ4n) is 6.36. The van der Waals surface area contributed by atoms with Gasteiger partial charge >= 0.3 is 0 Å². The van der Waals surface area contributed by atoms with Gasteiger partial charge in [-0.25, -0.2) is 0 Å². The number of rotatable bonds is 6. The van der Waals surface area contributed by atoms with E-state index in [1.807, 2.05) is 12.1 Å². The Morgan fingerprint density at radius 1 is 1.11 bits per heavy atom. The summed E-state index contributed by atoms with van der Waals surface area (Å²) in [5.74, 6) is 4.36. The predicted molar refractivity (Wildman–Crippen MR) is 110 cm³/mol. The van der Waals surface area contributed by atoms with E-state index < -0.39 is 0 Å². The highest BCUT2D eigenvalue weighted by Gasteiger charge is 2.51. The highest BCUT2D eigenvalue weighted by Crippen LogP contribution is 2.55. The average Bonchev–Trinajstić information content (AvgIpc) is 3.06. The standard InChI is InChI=1S/C22H30N2O3.ClH/c1-14(4-15-2-3-19-20(8-15)27-13-26-19)23-12-21(25)24-22-9-16-5-17(10-22)7-18(6-16)11-22;/h2-3,8,14,16-18,23H,4-7,9-13H2,1H3,(H,24,25);1H. The van der Waals surface area contributed by atoms with Gasteiger partial charge in [0.1, 0.15) is 0 Å². The van der Waals surface area contributed by atoms with E-state index in [0.717, 1.165) is 35.7 Å². The molecule has 1 aromatic carbocycles. The summed E-state index contributed by atoms with van der Waals surface area (Å²) in [6.45, 7) is 2.83. The van der Waals surface area contributed by atoms with Crippen LogP contribution in [-0.2, 0) is 11.2 Å². The normalized spacial score (nSPS) is 32.7. The predicted octanol–water partition coefficient (Wildman–Crippen LogP) is 3.44. The minimum atomic E-state index is 0. The van der Waals surface area contributed by atoms with Crippen LogP contribution in [0.15, 0.2) is 18.2 Å². The summed E-state index contributed by atoms with van der Waals surface area (Å²) in [5.41, 5.74) is 1.30. The van der Waals surface area contributed by atoms with Gasteiger partial charge in [0.05, 0.1) is 6.54 Å². The first-order valence-corrected chi connectivity index (χ1v) is 10.5. The van der Waals surface area contributed by atoms with Crippen molar-refractivity contribution >= 4 is 18.3 Å². The van der Waals surface area contributed by atoms with Gasteiger partial charge in [-0.05, 0) is 87.3 Å². The maximum absolute atomic E-state index is 12.6. The van der Waals surface area contributed by atoms with Crippen molar-refractivity contribution in [3.05, 3.63) is 23.8 Å². The molecular weight excluding hydrogens is 376 g/mol. The zero-order chi connectivity index (χ0) is 18.4. The van der Waals surface area contributed by atoms with Crippen LogP contribution in [0, 0.1) is 17.8 Å². The summed E-state index contributed by atoms with van der Waals surface area (Å²) in [7, 11) is 0. The second-order valence-corrected chi connectivity index (χ2v) is 9.42. The van der Waals surface area contributed by atoms with E-state index in [1.54, 1.807) is 0 Å². The van der Waals surface area contributed by atoms with Gasteiger partial charge in [0, 0.05) is 11.6 Å².